The van der Waals surface area contributed by atoms with E-state index in [9.17, 15) is 26.8 Å². The Morgan fingerprint density at radius 3 is 2.44 bits per heavy atom. The molecule has 2 amide bonds. The molecule has 2 aromatic rings. The van der Waals surface area contributed by atoms with Crippen LogP contribution in [0.1, 0.15) is 56.1 Å². The predicted molar refractivity (Wildman–Crippen MR) is 167 cm³/mol. The summed E-state index contributed by atoms with van der Waals surface area (Å²) in [6.07, 6.45) is 4.11. The Morgan fingerprint density at radius 2 is 1.84 bits per heavy atom. The van der Waals surface area contributed by atoms with Crippen LogP contribution >= 0.6 is 11.6 Å². The number of anilines is 1. The lowest BCUT2D eigenvalue weighted by molar-refractivity contribution is -0.130. The monoisotopic (exact) mass is 670 g/mol. The normalized spacial score (nSPS) is 17.2. The predicted octanol–water partition coefficient (Wildman–Crippen LogP) is 4.95. The molecule has 0 spiro atoms. The maximum atomic E-state index is 15.1. The third-order valence-corrected chi connectivity index (χ3v) is 9.55. The van der Waals surface area contributed by atoms with Crippen LogP contribution in [0, 0.1) is 24.1 Å². The fourth-order valence-electron chi connectivity index (χ4n) is 5.39. The number of alkyl halides is 2. The first-order valence-electron chi connectivity index (χ1n) is 14.4. The van der Waals surface area contributed by atoms with Gasteiger partial charge in [-0.2, -0.15) is 0 Å². The minimum absolute atomic E-state index is 0.0402. The number of halogens is 4. The number of nitrogens with two attached hydrogens (primary N) is 1. The highest BCUT2D eigenvalue weighted by atomic mass is 35.5. The molecule has 1 aliphatic carbocycles. The van der Waals surface area contributed by atoms with Crippen molar-refractivity contribution in [1.29, 1.82) is 0 Å². The molecule has 1 saturated carbocycles. The molecule has 5 N–H and O–H groups in total. The van der Waals surface area contributed by atoms with Gasteiger partial charge in [-0.3, -0.25) is 4.79 Å². The van der Waals surface area contributed by atoms with E-state index in [4.69, 9.17) is 28.5 Å². The molecule has 0 radical (unpaired) electrons. The lowest BCUT2D eigenvalue weighted by Gasteiger charge is -2.43. The van der Waals surface area contributed by atoms with Gasteiger partial charge in [0.2, 0.25) is 21.9 Å². The van der Waals surface area contributed by atoms with Crippen LogP contribution in [0.25, 0.3) is 0 Å². The molecule has 0 bridgehead atoms. The van der Waals surface area contributed by atoms with Gasteiger partial charge in [0.05, 0.1) is 18.9 Å². The molecule has 246 valence electrons. The molecule has 0 aliphatic heterocycles. The molecule has 45 heavy (non-hydrogen) atoms. The molecule has 4 atom stereocenters. The highest BCUT2D eigenvalue weighted by molar-refractivity contribution is 7.89. The number of hydrogen-bond acceptors (Lipinski definition) is 6. The second-order valence-corrected chi connectivity index (χ2v) is 13.6. The lowest BCUT2D eigenvalue weighted by atomic mass is 9.67. The standard InChI is InChI=1S/C31H38ClF3N4O5S/c1-4-23(36)7-6-16-45(42,43)39-19(2)10-15-24-25(33)8-5-9-26(24)37-29(40)28(38-30(41)44-3)27(21-17-31(34,35)18-21)20-11-13-22(32)14-12-20/h1,5,8-9,11-14,19,21,23,27-28,39H,6-7,10,15-18,36H2,2-3H3,(H,37,40)(H,38,41)/t19?,23?,27?,28-/m0/s1. The van der Waals surface area contributed by atoms with E-state index in [0.29, 0.717) is 17.0 Å². The lowest BCUT2D eigenvalue weighted by Crippen LogP contribution is -2.53. The van der Waals surface area contributed by atoms with Crippen molar-refractivity contribution in [3.05, 3.63) is 64.4 Å². The van der Waals surface area contributed by atoms with Gasteiger partial charge in [-0.25, -0.2) is 31.1 Å². The van der Waals surface area contributed by atoms with Gasteiger partial charge in [-0.15, -0.1) is 6.42 Å². The largest absolute Gasteiger partial charge is 0.453 e. The van der Waals surface area contributed by atoms with E-state index < -0.39 is 76.6 Å². The zero-order chi connectivity index (χ0) is 33.4. The summed E-state index contributed by atoms with van der Waals surface area (Å²) in [6.45, 7) is 1.63. The van der Waals surface area contributed by atoms with Crippen LogP contribution in [-0.4, -0.2) is 57.3 Å². The van der Waals surface area contributed by atoms with Crippen molar-refractivity contribution in [1.82, 2.24) is 10.0 Å². The van der Waals surface area contributed by atoms with Gasteiger partial charge in [0.25, 0.3) is 0 Å². The number of terminal acetylenes is 1. The van der Waals surface area contributed by atoms with Crippen LogP contribution in [0.2, 0.25) is 5.02 Å². The SMILES string of the molecule is C#CC(N)CCCS(=O)(=O)NC(C)CCc1c(F)cccc1NC(=O)[C@@H](NC(=O)OC)C(c1ccc(Cl)cc1)C1CC(F)(F)C1. The van der Waals surface area contributed by atoms with Crippen LogP contribution in [-0.2, 0) is 26.0 Å². The van der Waals surface area contributed by atoms with Crippen molar-refractivity contribution in [2.24, 2.45) is 11.7 Å². The first-order chi connectivity index (χ1) is 21.1. The number of carbonyl (C=O) groups excluding carboxylic acids is 2. The van der Waals surface area contributed by atoms with Crippen LogP contribution in [0.5, 0.6) is 0 Å². The van der Waals surface area contributed by atoms with E-state index in [1.807, 2.05) is 0 Å². The minimum atomic E-state index is -3.66. The van der Waals surface area contributed by atoms with Gasteiger partial charge in [-0.05, 0) is 68.4 Å². The summed E-state index contributed by atoms with van der Waals surface area (Å²) >= 11 is 6.03. The topological polar surface area (TPSA) is 140 Å². The summed E-state index contributed by atoms with van der Waals surface area (Å²) in [5.74, 6) is -3.72. The summed E-state index contributed by atoms with van der Waals surface area (Å²) in [6, 6.07) is 7.87. The van der Waals surface area contributed by atoms with Gasteiger partial charge >= 0.3 is 6.09 Å². The van der Waals surface area contributed by atoms with Crippen molar-refractivity contribution in [2.45, 2.75) is 75.4 Å². The number of amides is 2. The molecule has 0 saturated heterocycles. The van der Waals surface area contributed by atoms with Crippen LogP contribution in [0.15, 0.2) is 42.5 Å². The zero-order valence-corrected chi connectivity index (χ0v) is 26.6. The summed E-state index contributed by atoms with van der Waals surface area (Å²) in [5, 5.41) is 5.52. The molecule has 0 heterocycles. The number of hydrogen-bond donors (Lipinski definition) is 4. The van der Waals surface area contributed by atoms with Gasteiger partial charge in [-0.1, -0.05) is 35.7 Å². The fourth-order valence-corrected chi connectivity index (χ4v) is 6.91. The molecular weight excluding hydrogens is 633 g/mol. The Morgan fingerprint density at radius 1 is 1.18 bits per heavy atom. The van der Waals surface area contributed by atoms with Gasteiger partial charge in [0.15, 0.2) is 0 Å². The first kappa shape index (κ1) is 36.2. The Kier molecular flexibility index (Phi) is 12.7. The highest BCUT2D eigenvalue weighted by Crippen LogP contribution is 2.50. The Balaban J connectivity index is 1.80. The highest BCUT2D eigenvalue weighted by Gasteiger charge is 2.52. The van der Waals surface area contributed by atoms with E-state index in [0.717, 1.165) is 7.11 Å². The number of nitrogens with one attached hydrogen (secondary N) is 3. The van der Waals surface area contributed by atoms with Crippen molar-refractivity contribution in [3.8, 4) is 12.3 Å². The second kappa shape index (κ2) is 15.8. The molecule has 1 fully saturated rings. The van der Waals surface area contributed by atoms with Crippen LogP contribution in [0.3, 0.4) is 0 Å². The molecule has 2 aromatic carbocycles. The molecule has 3 rings (SSSR count). The smallest absolute Gasteiger partial charge is 0.407 e. The second-order valence-electron chi connectivity index (χ2n) is 11.3. The fraction of sp³-hybridized carbons (Fsp3) is 0.484. The molecule has 0 aromatic heterocycles. The zero-order valence-electron chi connectivity index (χ0n) is 25.0. The maximum Gasteiger partial charge on any atom is 0.407 e. The number of rotatable bonds is 15. The number of alkyl carbamates (subject to hydrolysis) is 1. The first-order valence-corrected chi connectivity index (χ1v) is 16.5. The van der Waals surface area contributed by atoms with E-state index in [1.165, 1.54) is 18.2 Å². The number of sulfonamides is 1. The molecule has 1 aliphatic rings. The molecular formula is C31H38ClF3N4O5S. The Bertz CT molecular complexity index is 1480. The van der Waals surface area contributed by atoms with E-state index >= 15 is 4.39 Å². The van der Waals surface area contributed by atoms with Crippen molar-refractivity contribution in [2.75, 3.05) is 18.2 Å². The Labute approximate surface area is 266 Å². The maximum absolute atomic E-state index is 15.1. The summed E-state index contributed by atoms with van der Waals surface area (Å²) in [5.41, 5.74) is 6.33. The summed E-state index contributed by atoms with van der Waals surface area (Å²) in [7, 11) is -2.55. The molecule has 9 nitrogen and oxygen atoms in total. The van der Waals surface area contributed by atoms with Crippen LogP contribution < -0.4 is 21.1 Å². The van der Waals surface area contributed by atoms with E-state index in [1.54, 1.807) is 31.2 Å². The average molecular weight is 671 g/mol. The number of methoxy groups -OCH3 is 1. The minimum Gasteiger partial charge on any atom is -0.453 e. The van der Waals surface area contributed by atoms with Crippen molar-refractivity contribution >= 4 is 39.3 Å². The van der Waals surface area contributed by atoms with Gasteiger partial charge in [0.1, 0.15) is 11.9 Å². The van der Waals surface area contributed by atoms with Gasteiger partial charge in [0, 0.05) is 41.1 Å². The van der Waals surface area contributed by atoms with E-state index in [2.05, 4.69) is 21.3 Å². The third kappa shape index (κ3) is 10.6. The van der Waals surface area contributed by atoms with Crippen molar-refractivity contribution in [3.63, 3.8) is 0 Å². The number of ether oxygens (including phenoxy) is 1. The summed E-state index contributed by atoms with van der Waals surface area (Å²) < 4.78 is 75.3. The quantitative estimate of drug-likeness (QED) is 0.198. The number of carbonyl (C=O) groups is 2. The summed E-state index contributed by atoms with van der Waals surface area (Å²) in [4.78, 5) is 26.1. The van der Waals surface area contributed by atoms with Crippen LogP contribution in [0.4, 0.5) is 23.7 Å². The Hall–Kier alpha value is -3.31. The van der Waals surface area contributed by atoms with E-state index in [-0.39, 0.29) is 36.3 Å². The number of benzene rings is 2. The third-order valence-electron chi connectivity index (χ3n) is 7.71. The molecule has 14 heteroatoms. The molecule has 3 unspecified atom stereocenters. The van der Waals surface area contributed by atoms with Crippen molar-refractivity contribution < 1.29 is 35.9 Å². The average Bonchev–Trinajstić information content (AvgIpc) is 2.95. The van der Waals surface area contributed by atoms with Gasteiger partial charge < -0.3 is 21.1 Å².